The number of aliphatic hydroxyl groups is 1. The Hall–Kier alpha value is -3.26. The van der Waals surface area contributed by atoms with Gasteiger partial charge in [-0.15, -0.1) is 0 Å². The Morgan fingerprint density at radius 2 is 1.82 bits per heavy atom. The molecule has 1 saturated carbocycles. The lowest BCUT2D eigenvalue weighted by atomic mass is 9.75. The monoisotopic (exact) mass is 470 g/mol. The molecule has 2 aromatic rings. The SMILES string of the molecule is CCNC(=O)OC1=C(c2cc(-c3ccc(F)c(F)c3)ccc2C)C(=O)NC12CCC(CO)CC2. The van der Waals surface area contributed by atoms with Gasteiger partial charge in [0.1, 0.15) is 5.76 Å². The average molecular weight is 471 g/mol. The van der Waals surface area contributed by atoms with Gasteiger partial charge in [0.05, 0.1) is 11.1 Å². The van der Waals surface area contributed by atoms with E-state index in [0.717, 1.165) is 17.7 Å². The number of benzene rings is 2. The van der Waals surface area contributed by atoms with E-state index in [1.54, 1.807) is 25.1 Å². The molecule has 1 fully saturated rings. The maximum Gasteiger partial charge on any atom is 0.412 e. The van der Waals surface area contributed by atoms with Gasteiger partial charge in [-0.25, -0.2) is 13.6 Å². The molecule has 1 aliphatic heterocycles. The largest absolute Gasteiger partial charge is 0.412 e. The number of halogens is 2. The van der Waals surface area contributed by atoms with E-state index >= 15 is 0 Å². The van der Waals surface area contributed by atoms with Gasteiger partial charge in [-0.05, 0) is 85.9 Å². The Kier molecular flexibility index (Phi) is 6.70. The van der Waals surface area contributed by atoms with Crippen molar-refractivity contribution in [2.24, 2.45) is 5.92 Å². The Morgan fingerprint density at radius 3 is 2.47 bits per heavy atom. The third-order valence-corrected chi connectivity index (χ3v) is 6.73. The predicted molar refractivity (Wildman–Crippen MR) is 124 cm³/mol. The van der Waals surface area contributed by atoms with Crippen molar-refractivity contribution in [3.63, 3.8) is 0 Å². The minimum absolute atomic E-state index is 0.0719. The van der Waals surface area contributed by atoms with E-state index in [2.05, 4.69) is 10.6 Å². The molecule has 2 aromatic carbocycles. The van der Waals surface area contributed by atoms with Crippen molar-refractivity contribution < 1.29 is 28.2 Å². The molecule has 1 aliphatic carbocycles. The van der Waals surface area contributed by atoms with Crippen LogP contribution >= 0.6 is 0 Å². The van der Waals surface area contributed by atoms with Crippen LogP contribution in [0.5, 0.6) is 0 Å². The van der Waals surface area contributed by atoms with E-state index < -0.39 is 23.3 Å². The third kappa shape index (κ3) is 4.42. The smallest absolute Gasteiger partial charge is 0.411 e. The maximum absolute atomic E-state index is 13.9. The Bertz CT molecular complexity index is 1150. The van der Waals surface area contributed by atoms with Crippen LogP contribution in [-0.2, 0) is 9.53 Å². The molecule has 1 spiro atoms. The molecule has 1 heterocycles. The summed E-state index contributed by atoms with van der Waals surface area (Å²) >= 11 is 0. The summed E-state index contributed by atoms with van der Waals surface area (Å²) in [6.07, 6.45) is 1.78. The van der Waals surface area contributed by atoms with Crippen LogP contribution in [0.2, 0.25) is 0 Å². The molecule has 2 amide bonds. The number of carbonyl (C=O) groups is 2. The van der Waals surface area contributed by atoms with E-state index in [-0.39, 0.29) is 29.8 Å². The summed E-state index contributed by atoms with van der Waals surface area (Å²) in [5.41, 5.74) is 1.81. The summed E-state index contributed by atoms with van der Waals surface area (Å²) in [5, 5.41) is 15.2. The lowest BCUT2D eigenvalue weighted by Gasteiger charge is -2.37. The number of nitrogens with one attached hydrogen (secondary N) is 2. The quantitative estimate of drug-likeness (QED) is 0.603. The molecule has 0 atom stereocenters. The Balaban J connectivity index is 1.83. The first-order valence-electron chi connectivity index (χ1n) is 11.5. The van der Waals surface area contributed by atoms with Gasteiger partial charge in [-0.1, -0.05) is 18.2 Å². The van der Waals surface area contributed by atoms with Gasteiger partial charge >= 0.3 is 6.09 Å². The lowest BCUT2D eigenvalue weighted by Crippen LogP contribution is -2.48. The first-order chi connectivity index (χ1) is 16.3. The fourth-order valence-electron chi connectivity index (χ4n) is 4.80. The molecule has 6 nitrogen and oxygen atoms in total. The number of aliphatic hydroxyl groups excluding tert-OH is 1. The number of aryl methyl sites for hydroxylation is 1. The van der Waals surface area contributed by atoms with E-state index in [9.17, 15) is 23.5 Å². The van der Waals surface area contributed by atoms with Crippen molar-refractivity contribution in [1.29, 1.82) is 0 Å². The van der Waals surface area contributed by atoms with Crippen molar-refractivity contribution in [3.05, 3.63) is 64.9 Å². The van der Waals surface area contributed by atoms with Gasteiger partial charge in [-0.2, -0.15) is 0 Å². The molecule has 0 aromatic heterocycles. The van der Waals surface area contributed by atoms with Crippen LogP contribution in [0.15, 0.2) is 42.2 Å². The van der Waals surface area contributed by atoms with E-state index in [4.69, 9.17) is 4.74 Å². The number of hydrogen-bond donors (Lipinski definition) is 3. The normalized spacial score (nSPS) is 22.1. The summed E-state index contributed by atoms with van der Waals surface area (Å²) in [6.45, 7) is 4.05. The highest BCUT2D eigenvalue weighted by Gasteiger charge is 2.50. The number of rotatable bonds is 5. The molecule has 0 radical (unpaired) electrons. The molecule has 34 heavy (non-hydrogen) atoms. The van der Waals surface area contributed by atoms with E-state index in [1.807, 2.05) is 6.92 Å². The average Bonchev–Trinajstić information content (AvgIpc) is 3.07. The zero-order chi connectivity index (χ0) is 24.5. The second-order valence-corrected chi connectivity index (χ2v) is 8.94. The minimum atomic E-state index is -0.961. The zero-order valence-corrected chi connectivity index (χ0v) is 19.2. The van der Waals surface area contributed by atoms with Crippen LogP contribution in [0.4, 0.5) is 13.6 Å². The van der Waals surface area contributed by atoms with Crippen LogP contribution in [0.1, 0.15) is 43.7 Å². The standard InChI is InChI=1S/C26H28F2N2O4/c1-3-29-25(33)34-23-22(24(32)30-26(23)10-8-16(14-31)9-11-26)19-12-17(5-4-15(19)2)18-6-7-20(27)21(28)13-18/h4-7,12-13,16,31H,3,8-11,14H2,1-2H3,(H,29,33)(H,30,32). The van der Waals surface area contributed by atoms with Crippen molar-refractivity contribution in [2.45, 2.75) is 45.1 Å². The summed E-state index contributed by atoms with van der Waals surface area (Å²) in [4.78, 5) is 25.8. The molecule has 0 unspecified atom stereocenters. The second-order valence-electron chi connectivity index (χ2n) is 8.94. The third-order valence-electron chi connectivity index (χ3n) is 6.73. The van der Waals surface area contributed by atoms with Crippen LogP contribution in [0, 0.1) is 24.5 Å². The molecule has 0 bridgehead atoms. The molecular weight excluding hydrogens is 442 g/mol. The molecular formula is C26H28F2N2O4. The first-order valence-corrected chi connectivity index (χ1v) is 11.5. The molecule has 8 heteroatoms. The van der Waals surface area contributed by atoms with Crippen LogP contribution in [0.25, 0.3) is 16.7 Å². The van der Waals surface area contributed by atoms with Crippen molar-refractivity contribution in [2.75, 3.05) is 13.2 Å². The van der Waals surface area contributed by atoms with Crippen LogP contribution in [-0.4, -0.2) is 35.8 Å². The Morgan fingerprint density at radius 1 is 1.15 bits per heavy atom. The number of alkyl carbamates (subject to hydrolysis) is 1. The molecule has 4 rings (SSSR count). The van der Waals surface area contributed by atoms with Crippen molar-refractivity contribution in [1.82, 2.24) is 10.6 Å². The highest BCUT2D eigenvalue weighted by Crippen LogP contribution is 2.45. The molecule has 0 saturated heterocycles. The summed E-state index contributed by atoms with van der Waals surface area (Å²) in [6, 6.07) is 8.94. The van der Waals surface area contributed by atoms with Crippen LogP contribution in [0.3, 0.4) is 0 Å². The predicted octanol–water partition coefficient (Wildman–Crippen LogP) is 4.45. The number of hydrogen-bond acceptors (Lipinski definition) is 4. The lowest BCUT2D eigenvalue weighted by molar-refractivity contribution is -0.116. The van der Waals surface area contributed by atoms with E-state index in [0.29, 0.717) is 48.9 Å². The number of ether oxygens (including phenoxy) is 1. The highest BCUT2D eigenvalue weighted by molar-refractivity contribution is 6.24. The van der Waals surface area contributed by atoms with Crippen LogP contribution < -0.4 is 10.6 Å². The fourth-order valence-corrected chi connectivity index (χ4v) is 4.80. The number of amides is 2. The Labute approximate surface area is 197 Å². The van der Waals surface area contributed by atoms with Gasteiger partial charge in [-0.3, -0.25) is 4.79 Å². The topological polar surface area (TPSA) is 87.7 Å². The minimum Gasteiger partial charge on any atom is -0.411 e. The van der Waals surface area contributed by atoms with Gasteiger partial charge in [0.2, 0.25) is 0 Å². The summed E-state index contributed by atoms with van der Waals surface area (Å²) in [7, 11) is 0. The number of carbonyl (C=O) groups excluding carboxylic acids is 2. The molecule has 180 valence electrons. The van der Waals surface area contributed by atoms with E-state index in [1.165, 1.54) is 6.07 Å². The zero-order valence-electron chi connectivity index (χ0n) is 19.2. The molecule has 3 N–H and O–H groups in total. The molecule has 2 aliphatic rings. The first kappa shape index (κ1) is 23.9. The van der Waals surface area contributed by atoms with Gasteiger partial charge in [0, 0.05) is 13.2 Å². The van der Waals surface area contributed by atoms with Gasteiger partial charge in [0.15, 0.2) is 11.6 Å². The van der Waals surface area contributed by atoms with Gasteiger partial charge < -0.3 is 20.5 Å². The fraction of sp³-hybridized carbons (Fsp3) is 0.385. The summed E-state index contributed by atoms with van der Waals surface area (Å²) in [5.74, 6) is -1.85. The highest BCUT2D eigenvalue weighted by atomic mass is 19.2. The maximum atomic E-state index is 13.9. The van der Waals surface area contributed by atoms with Gasteiger partial charge in [0.25, 0.3) is 5.91 Å². The van der Waals surface area contributed by atoms with Crippen molar-refractivity contribution >= 4 is 17.6 Å². The second kappa shape index (κ2) is 9.54. The van der Waals surface area contributed by atoms with Crippen molar-refractivity contribution in [3.8, 4) is 11.1 Å². The summed E-state index contributed by atoms with van der Waals surface area (Å²) < 4.78 is 33.1.